The van der Waals surface area contributed by atoms with Crippen molar-refractivity contribution in [2.45, 2.75) is 26.2 Å². The van der Waals surface area contributed by atoms with Crippen molar-refractivity contribution in [2.75, 3.05) is 0 Å². The predicted octanol–water partition coefficient (Wildman–Crippen LogP) is 2.72. The minimum Gasteiger partial charge on any atom is -0.411 e. The molecule has 0 amide bonds. The monoisotopic (exact) mass is 222 g/mol. The first-order chi connectivity index (χ1) is 7.39. The van der Waals surface area contributed by atoms with Crippen LogP contribution < -0.4 is 0 Å². The molecule has 0 radical (unpaired) electrons. The number of hydrogen-bond acceptors (Lipinski definition) is 4. The van der Waals surface area contributed by atoms with Crippen LogP contribution in [0.15, 0.2) is 29.4 Å². The summed E-state index contributed by atoms with van der Waals surface area (Å²) in [5.74, 6) is 0. The summed E-state index contributed by atoms with van der Waals surface area (Å²) in [5, 5.41) is 22.4. The molecule has 0 saturated carbocycles. The lowest BCUT2D eigenvalue weighted by Crippen LogP contribution is -2.26. The van der Waals surface area contributed by atoms with Crippen LogP contribution in [0, 0.1) is 10.1 Å². The number of non-ortho nitro benzene ring substituents is 1. The van der Waals surface area contributed by atoms with Gasteiger partial charge in [-0.2, -0.15) is 0 Å². The van der Waals surface area contributed by atoms with E-state index in [0.717, 1.165) is 5.56 Å². The predicted molar refractivity (Wildman–Crippen MR) is 61.0 cm³/mol. The van der Waals surface area contributed by atoms with Crippen LogP contribution in [0.1, 0.15) is 26.3 Å². The SMILES string of the molecule is CC(=NO)C(C)(C)c1ccc([N+](=O)[O-])cc1. The van der Waals surface area contributed by atoms with Crippen LogP contribution in [0.3, 0.4) is 0 Å². The van der Waals surface area contributed by atoms with Crippen LogP contribution in [0.25, 0.3) is 0 Å². The normalized spacial score (nSPS) is 12.6. The Morgan fingerprint density at radius 3 is 2.25 bits per heavy atom. The lowest BCUT2D eigenvalue weighted by atomic mass is 9.81. The summed E-state index contributed by atoms with van der Waals surface area (Å²) in [6, 6.07) is 6.24. The average Bonchev–Trinajstić information content (AvgIpc) is 2.28. The van der Waals surface area contributed by atoms with Crippen LogP contribution >= 0.6 is 0 Å². The van der Waals surface area contributed by atoms with Gasteiger partial charge in [0.15, 0.2) is 0 Å². The zero-order valence-corrected chi connectivity index (χ0v) is 9.47. The van der Waals surface area contributed by atoms with Crippen molar-refractivity contribution in [3.05, 3.63) is 39.9 Å². The van der Waals surface area contributed by atoms with Crippen molar-refractivity contribution in [2.24, 2.45) is 5.16 Å². The zero-order chi connectivity index (χ0) is 12.3. The summed E-state index contributed by atoms with van der Waals surface area (Å²) in [5.41, 5.74) is 1.04. The van der Waals surface area contributed by atoms with Gasteiger partial charge in [0.25, 0.3) is 5.69 Å². The minimum absolute atomic E-state index is 0.0538. The van der Waals surface area contributed by atoms with Gasteiger partial charge in [0.05, 0.1) is 10.6 Å². The topological polar surface area (TPSA) is 75.7 Å². The fourth-order valence-corrected chi connectivity index (χ4v) is 1.33. The number of benzene rings is 1. The van der Waals surface area contributed by atoms with E-state index in [1.54, 1.807) is 19.1 Å². The first kappa shape index (κ1) is 12.2. The van der Waals surface area contributed by atoms with Gasteiger partial charge in [0.1, 0.15) is 0 Å². The summed E-state index contributed by atoms with van der Waals surface area (Å²) in [6.07, 6.45) is 0. The Bertz CT molecular complexity index is 421. The molecule has 5 heteroatoms. The molecule has 0 spiro atoms. The van der Waals surface area contributed by atoms with Crippen molar-refractivity contribution in [3.63, 3.8) is 0 Å². The van der Waals surface area contributed by atoms with Gasteiger partial charge in [0.2, 0.25) is 0 Å². The quantitative estimate of drug-likeness (QED) is 0.369. The van der Waals surface area contributed by atoms with Crippen LogP contribution in [0.2, 0.25) is 0 Å². The zero-order valence-electron chi connectivity index (χ0n) is 9.47. The molecule has 5 nitrogen and oxygen atoms in total. The molecule has 16 heavy (non-hydrogen) atoms. The van der Waals surface area contributed by atoms with E-state index in [4.69, 9.17) is 5.21 Å². The number of rotatable bonds is 3. The Hall–Kier alpha value is -1.91. The third-order valence-corrected chi connectivity index (χ3v) is 2.85. The molecule has 86 valence electrons. The van der Waals surface area contributed by atoms with Crippen molar-refractivity contribution >= 4 is 11.4 Å². The van der Waals surface area contributed by atoms with Crippen molar-refractivity contribution in [3.8, 4) is 0 Å². The molecule has 0 saturated heterocycles. The van der Waals surface area contributed by atoms with Gasteiger partial charge in [-0.25, -0.2) is 0 Å². The van der Waals surface area contributed by atoms with E-state index < -0.39 is 10.3 Å². The Morgan fingerprint density at radius 1 is 1.38 bits per heavy atom. The van der Waals surface area contributed by atoms with E-state index in [0.29, 0.717) is 5.71 Å². The molecule has 0 heterocycles. The van der Waals surface area contributed by atoms with Crippen LogP contribution in [0.4, 0.5) is 5.69 Å². The number of nitro groups is 1. The Balaban J connectivity index is 3.11. The maximum atomic E-state index is 10.5. The van der Waals surface area contributed by atoms with Crippen LogP contribution in [-0.4, -0.2) is 15.8 Å². The fourth-order valence-electron chi connectivity index (χ4n) is 1.33. The third kappa shape index (κ3) is 2.18. The lowest BCUT2D eigenvalue weighted by Gasteiger charge is -2.23. The molecule has 0 unspecified atom stereocenters. The number of hydrogen-bond donors (Lipinski definition) is 1. The van der Waals surface area contributed by atoms with E-state index in [9.17, 15) is 10.1 Å². The number of oxime groups is 1. The second-order valence-electron chi connectivity index (χ2n) is 4.11. The van der Waals surface area contributed by atoms with Gasteiger partial charge in [-0.1, -0.05) is 31.1 Å². The molecule has 0 aromatic heterocycles. The lowest BCUT2D eigenvalue weighted by molar-refractivity contribution is -0.384. The Labute approximate surface area is 93.6 Å². The van der Waals surface area contributed by atoms with E-state index in [-0.39, 0.29) is 5.69 Å². The van der Waals surface area contributed by atoms with Crippen molar-refractivity contribution in [1.82, 2.24) is 0 Å². The summed E-state index contributed by atoms with van der Waals surface area (Å²) in [4.78, 5) is 10.1. The molecule has 0 aliphatic heterocycles. The molecule has 1 rings (SSSR count). The molecule has 0 atom stereocenters. The van der Waals surface area contributed by atoms with Gasteiger partial charge in [-0.15, -0.1) is 0 Å². The van der Waals surface area contributed by atoms with Gasteiger partial charge >= 0.3 is 0 Å². The maximum Gasteiger partial charge on any atom is 0.269 e. The van der Waals surface area contributed by atoms with Gasteiger partial charge < -0.3 is 5.21 Å². The summed E-state index contributed by atoms with van der Waals surface area (Å²) >= 11 is 0. The van der Waals surface area contributed by atoms with E-state index in [2.05, 4.69) is 5.16 Å². The molecular weight excluding hydrogens is 208 g/mol. The van der Waals surface area contributed by atoms with E-state index in [1.807, 2.05) is 13.8 Å². The molecule has 1 aromatic rings. The second-order valence-corrected chi connectivity index (χ2v) is 4.11. The molecule has 0 aliphatic rings. The number of nitrogens with zero attached hydrogens (tertiary/aromatic N) is 2. The summed E-state index contributed by atoms with van der Waals surface area (Å²) in [7, 11) is 0. The summed E-state index contributed by atoms with van der Waals surface area (Å²) < 4.78 is 0. The summed E-state index contributed by atoms with van der Waals surface area (Å²) in [6.45, 7) is 5.49. The first-order valence-electron chi connectivity index (χ1n) is 4.83. The largest absolute Gasteiger partial charge is 0.411 e. The molecular formula is C11H14N2O3. The Kier molecular flexibility index (Phi) is 3.27. The highest BCUT2D eigenvalue weighted by Gasteiger charge is 2.25. The van der Waals surface area contributed by atoms with Crippen molar-refractivity contribution in [1.29, 1.82) is 0 Å². The molecule has 1 N–H and O–H groups in total. The molecule has 1 aromatic carbocycles. The standard InChI is InChI=1S/C11H14N2O3/c1-8(12-14)11(2,3)9-4-6-10(7-5-9)13(15)16/h4-7,14H,1-3H3. The van der Waals surface area contributed by atoms with Gasteiger partial charge in [-0.3, -0.25) is 10.1 Å². The van der Waals surface area contributed by atoms with Crippen molar-refractivity contribution < 1.29 is 10.1 Å². The highest BCUT2D eigenvalue weighted by atomic mass is 16.6. The average molecular weight is 222 g/mol. The second kappa shape index (κ2) is 4.30. The van der Waals surface area contributed by atoms with Crippen LogP contribution in [0.5, 0.6) is 0 Å². The first-order valence-corrected chi connectivity index (χ1v) is 4.83. The van der Waals surface area contributed by atoms with E-state index >= 15 is 0 Å². The number of nitro benzene ring substituents is 1. The van der Waals surface area contributed by atoms with E-state index in [1.165, 1.54) is 12.1 Å². The van der Waals surface area contributed by atoms with Crippen LogP contribution in [-0.2, 0) is 5.41 Å². The highest BCUT2D eigenvalue weighted by Crippen LogP contribution is 2.26. The highest BCUT2D eigenvalue weighted by molar-refractivity contribution is 5.91. The smallest absolute Gasteiger partial charge is 0.269 e. The Morgan fingerprint density at radius 2 is 1.88 bits per heavy atom. The molecule has 0 fully saturated rings. The molecule has 0 bridgehead atoms. The van der Waals surface area contributed by atoms with Gasteiger partial charge in [-0.05, 0) is 12.5 Å². The third-order valence-electron chi connectivity index (χ3n) is 2.85. The fraction of sp³-hybridized carbons (Fsp3) is 0.364. The van der Waals surface area contributed by atoms with Gasteiger partial charge in [0, 0.05) is 17.5 Å². The molecule has 0 aliphatic carbocycles. The minimum atomic E-state index is -0.441. The maximum absolute atomic E-state index is 10.5.